The smallest absolute Gasteiger partial charge is 0.309 e. The number of carbonyl (C=O) groups is 1. The van der Waals surface area contributed by atoms with E-state index in [9.17, 15) is 9.18 Å². The Balaban J connectivity index is 1.66. The van der Waals surface area contributed by atoms with Gasteiger partial charge in [-0.15, -0.1) is 0 Å². The summed E-state index contributed by atoms with van der Waals surface area (Å²) >= 11 is 0. The highest BCUT2D eigenvalue weighted by molar-refractivity contribution is 5.72. The Bertz CT molecular complexity index is 481. The number of nitrogens with zero attached hydrogens (tertiary/aromatic N) is 1. The zero-order chi connectivity index (χ0) is 18.1. The molecule has 0 aromatic rings. The van der Waals surface area contributed by atoms with Crippen molar-refractivity contribution in [3.63, 3.8) is 0 Å². The number of halogens is 1. The van der Waals surface area contributed by atoms with Gasteiger partial charge in [0.15, 0.2) is 5.83 Å². The molecule has 0 N–H and O–H groups in total. The van der Waals surface area contributed by atoms with E-state index in [2.05, 4.69) is 6.92 Å². The van der Waals surface area contributed by atoms with Gasteiger partial charge in [0, 0.05) is 0 Å². The maximum Gasteiger partial charge on any atom is 0.309 e. The summed E-state index contributed by atoms with van der Waals surface area (Å²) in [5.41, 5.74) is 0. The molecule has 0 amide bonds. The number of ether oxygens (including phenoxy) is 1. The number of allylic oxidation sites excluding steroid dienone is 2. The van der Waals surface area contributed by atoms with Gasteiger partial charge in [0.05, 0.1) is 5.92 Å². The Morgan fingerprint density at radius 1 is 1.12 bits per heavy atom. The minimum atomic E-state index is -0.698. The van der Waals surface area contributed by atoms with Gasteiger partial charge in [-0.2, -0.15) is 9.65 Å². The molecule has 2 aliphatic carbocycles. The van der Waals surface area contributed by atoms with E-state index in [1.165, 1.54) is 37.8 Å². The first kappa shape index (κ1) is 19.9. The molecule has 3 nitrogen and oxygen atoms in total. The lowest BCUT2D eigenvalue weighted by atomic mass is 9.79. The van der Waals surface area contributed by atoms with E-state index < -0.39 is 5.83 Å². The number of carbonyl (C=O) groups excluding carboxylic acids is 1. The number of rotatable bonds is 7. The minimum absolute atomic E-state index is 0.0193. The van der Waals surface area contributed by atoms with Crippen molar-refractivity contribution in [3.05, 3.63) is 11.9 Å². The fraction of sp³-hybridized carbons (Fsp3) is 0.810. The lowest BCUT2D eigenvalue weighted by molar-refractivity contribution is -0.157. The van der Waals surface area contributed by atoms with Crippen molar-refractivity contribution in [3.8, 4) is 6.07 Å². The molecule has 0 unspecified atom stereocenters. The van der Waals surface area contributed by atoms with Crippen LogP contribution in [0.5, 0.6) is 0 Å². The molecule has 0 aliphatic heterocycles. The average molecular weight is 349 g/mol. The highest BCUT2D eigenvalue weighted by Gasteiger charge is 2.30. The summed E-state index contributed by atoms with van der Waals surface area (Å²) in [7, 11) is 0. The first-order valence-corrected chi connectivity index (χ1v) is 10.1. The second-order valence-corrected chi connectivity index (χ2v) is 7.81. The van der Waals surface area contributed by atoms with Crippen molar-refractivity contribution < 1.29 is 13.9 Å². The van der Waals surface area contributed by atoms with Crippen LogP contribution in [0.25, 0.3) is 0 Å². The highest BCUT2D eigenvalue weighted by Crippen LogP contribution is 2.34. The molecule has 0 radical (unpaired) electrons. The molecule has 0 aromatic heterocycles. The van der Waals surface area contributed by atoms with E-state index >= 15 is 0 Å². The molecule has 2 aliphatic rings. The predicted molar refractivity (Wildman–Crippen MR) is 96.2 cm³/mol. The van der Waals surface area contributed by atoms with E-state index in [0.29, 0.717) is 0 Å². The van der Waals surface area contributed by atoms with Crippen molar-refractivity contribution in [1.29, 1.82) is 5.26 Å². The lowest BCUT2D eigenvalue weighted by Crippen LogP contribution is -2.30. The molecular weight excluding hydrogens is 317 g/mol. The zero-order valence-corrected chi connectivity index (χ0v) is 15.5. The summed E-state index contributed by atoms with van der Waals surface area (Å²) in [5.74, 6) is 0.266. The zero-order valence-electron chi connectivity index (χ0n) is 15.5. The fourth-order valence-corrected chi connectivity index (χ4v) is 4.25. The predicted octanol–water partition coefficient (Wildman–Crippen LogP) is 5.85. The third-order valence-electron chi connectivity index (χ3n) is 5.89. The second-order valence-electron chi connectivity index (χ2n) is 7.81. The summed E-state index contributed by atoms with van der Waals surface area (Å²) in [6, 6.07) is 1.53. The van der Waals surface area contributed by atoms with Gasteiger partial charge < -0.3 is 4.74 Å². The largest absolute Gasteiger partial charge is 0.462 e. The summed E-state index contributed by atoms with van der Waals surface area (Å²) in [6.07, 6.45) is 14.0. The van der Waals surface area contributed by atoms with Gasteiger partial charge in [-0.05, 0) is 69.3 Å². The Kier molecular flexibility index (Phi) is 8.44. The number of nitriles is 1. The van der Waals surface area contributed by atoms with Gasteiger partial charge in [-0.3, -0.25) is 4.79 Å². The minimum Gasteiger partial charge on any atom is -0.462 e. The first-order valence-electron chi connectivity index (χ1n) is 10.1. The van der Waals surface area contributed by atoms with Crippen molar-refractivity contribution in [1.82, 2.24) is 0 Å². The number of unbranched alkanes of at least 4 members (excludes halogenated alkanes) is 2. The third kappa shape index (κ3) is 6.80. The number of hydrogen-bond acceptors (Lipinski definition) is 3. The van der Waals surface area contributed by atoms with E-state index in [4.69, 9.17) is 10.00 Å². The Hall–Kier alpha value is -1.37. The van der Waals surface area contributed by atoms with Crippen molar-refractivity contribution in [2.45, 2.75) is 90.1 Å². The molecule has 140 valence electrons. The van der Waals surface area contributed by atoms with Gasteiger partial charge in [-0.1, -0.05) is 32.6 Å². The van der Waals surface area contributed by atoms with Crippen LogP contribution in [0.1, 0.15) is 84.0 Å². The molecule has 0 bridgehead atoms. The van der Waals surface area contributed by atoms with Crippen LogP contribution in [0.3, 0.4) is 0 Å². The van der Waals surface area contributed by atoms with Crippen LogP contribution in [0.4, 0.5) is 4.39 Å². The van der Waals surface area contributed by atoms with Crippen LogP contribution < -0.4 is 0 Å². The standard InChI is InChI=1S/C21H32FNO2/c1-2-3-4-5-16-6-10-18(11-7-16)21(24)25-20-12-8-17(9-13-20)14-19(22)15-23/h14,16-18,20H,2-13H2,1H3/b19-14+. The molecule has 0 aromatic carbocycles. The maximum atomic E-state index is 13.0. The topological polar surface area (TPSA) is 50.1 Å². The van der Waals surface area contributed by atoms with Crippen LogP contribution in [-0.4, -0.2) is 12.1 Å². The summed E-state index contributed by atoms with van der Waals surface area (Å²) in [4.78, 5) is 12.4. The van der Waals surface area contributed by atoms with Crippen LogP contribution in [0.15, 0.2) is 11.9 Å². The SMILES string of the molecule is CCCCCC1CCC(C(=O)OC2CCC(/C=C(/F)C#N)CC2)CC1. The number of esters is 1. The van der Waals surface area contributed by atoms with Crippen molar-refractivity contribution in [2.75, 3.05) is 0 Å². The molecule has 0 heterocycles. The van der Waals surface area contributed by atoms with Gasteiger partial charge in [0.2, 0.25) is 0 Å². The van der Waals surface area contributed by atoms with Gasteiger partial charge >= 0.3 is 5.97 Å². The van der Waals surface area contributed by atoms with Gasteiger partial charge in [0.25, 0.3) is 0 Å². The molecule has 25 heavy (non-hydrogen) atoms. The quantitative estimate of drug-likeness (QED) is 0.329. The van der Waals surface area contributed by atoms with Crippen LogP contribution in [-0.2, 0) is 9.53 Å². The monoisotopic (exact) mass is 349 g/mol. The molecule has 0 saturated heterocycles. The normalized spacial score (nSPS) is 30.5. The molecule has 0 spiro atoms. The highest BCUT2D eigenvalue weighted by atomic mass is 19.1. The Morgan fingerprint density at radius 3 is 2.40 bits per heavy atom. The summed E-state index contributed by atoms with van der Waals surface area (Å²) in [6.45, 7) is 2.23. The molecule has 2 saturated carbocycles. The average Bonchev–Trinajstić information content (AvgIpc) is 2.64. The maximum absolute atomic E-state index is 13.0. The van der Waals surface area contributed by atoms with Crippen LogP contribution >= 0.6 is 0 Å². The van der Waals surface area contributed by atoms with Crippen LogP contribution in [0.2, 0.25) is 0 Å². The van der Waals surface area contributed by atoms with Crippen molar-refractivity contribution in [2.24, 2.45) is 17.8 Å². The molecule has 2 rings (SSSR count). The van der Waals surface area contributed by atoms with E-state index in [1.54, 1.807) is 0 Å². The molecule has 0 atom stereocenters. The third-order valence-corrected chi connectivity index (χ3v) is 5.89. The first-order chi connectivity index (χ1) is 12.1. The lowest BCUT2D eigenvalue weighted by Gasteiger charge is -2.31. The van der Waals surface area contributed by atoms with Gasteiger partial charge in [0.1, 0.15) is 12.2 Å². The van der Waals surface area contributed by atoms with Crippen molar-refractivity contribution >= 4 is 5.97 Å². The number of hydrogen-bond donors (Lipinski definition) is 0. The fourth-order valence-electron chi connectivity index (χ4n) is 4.25. The van der Waals surface area contributed by atoms with E-state index in [0.717, 1.165) is 57.3 Å². The van der Waals surface area contributed by atoms with E-state index in [1.807, 2.05) is 0 Å². The Morgan fingerprint density at radius 2 is 1.80 bits per heavy atom. The molecule has 4 heteroatoms. The van der Waals surface area contributed by atoms with Gasteiger partial charge in [-0.25, -0.2) is 0 Å². The molecular formula is C21H32FNO2. The molecule has 2 fully saturated rings. The summed E-state index contributed by atoms with van der Waals surface area (Å²) in [5, 5.41) is 8.50. The summed E-state index contributed by atoms with van der Waals surface area (Å²) < 4.78 is 18.7. The van der Waals surface area contributed by atoms with E-state index in [-0.39, 0.29) is 23.9 Å². The Labute approximate surface area is 151 Å². The van der Waals surface area contributed by atoms with Crippen LogP contribution in [0, 0.1) is 29.1 Å². The second kappa shape index (κ2) is 10.6.